The molecule has 0 aliphatic rings. The highest BCUT2D eigenvalue weighted by atomic mass is 16.2. The maximum atomic E-state index is 13.1. The number of hydrogen-bond acceptors (Lipinski definition) is 3. The molecule has 3 heteroatoms. The summed E-state index contributed by atoms with van der Waals surface area (Å²) in [7, 11) is 0. The second kappa shape index (κ2) is 18.7. The summed E-state index contributed by atoms with van der Waals surface area (Å²) in [5.74, 6) is -2.29. The van der Waals surface area contributed by atoms with Gasteiger partial charge in [0, 0.05) is 17.5 Å². The average molecular weight is 491 g/mol. The fraction of sp³-hybridized carbons (Fsp3) is 0.545. The number of unbranched alkanes of at least 4 members (excludes halogenated alkanes) is 14. The molecular formula is C33H46O3. The van der Waals surface area contributed by atoms with Gasteiger partial charge in [-0.2, -0.15) is 0 Å². The number of rotatable bonds is 21. The molecule has 2 rings (SSSR count). The van der Waals surface area contributed by atoms with Crippen molar-refractivity contribution >= 4 is 17.3 Å². The van der Waals surface area contributed by atoms with Crippen molar-refractivity contribution in [3.8, 4) is 0 Å². The predicted molar refractivity (Wildman–Crippen MR) is 150 cm³/mol. The summed E-state index contributed by atoms with van der Waals surface area (Å²) in [6.45, 7) is 2.26. The van der Waals surface area contributed by atoms with Crippen LogP contribution in [-0.4, -0.2) is 17.3 Å². The highest BCUT2D eigenvalue weighted by Crippen LogP contribution is 2.20. The minimum Gasteiger partial charge on any atom is -0.298 e. The van der Waals surface area contributed by atoms with Gasteiger partial charge in [0.15, 0.2) is 17.3 Å². The van der Waals surface area contributed by atoms with E-state index in [2.05, 4.69) is 6.92 Å². The summed E-state index contributed by atoms with van der Waals surface area (Å²) < 4.78 is 0. The first-order chi connectivity index (χ1) is 17.6. The second-order valence-corrected chi connectivity index (χ2v) is 10.1. The fourth-order valence-corrected chi connectivity index (χ4v) is 4.76. The first-order valence-corrected chi connectivity index (χ1v) is 14.4. The Bertz CT molecular complexity index is 821. The Morgan fingerprint density at radius 2 is 0.833 bits per heavy atom. The van der Waals surface area contributed by atoms with E-state index in [1.165, 1.54) is 77.0 Å². The summed E-state index contributed by atoms with van der Waals surface area (Å²) in [6.07, 6.45) is 19.2. The Morgan fingerprint density at radius 1 is 0.500 bits per heavy atom. The summed E-state index contributed by atoms with van der Waals surface area (Å²) in [4.78, 5) is 39.3. The number of benzene rings is 2. The molecule has 2 aromatic rings. The van der Waals surface area contributed by atoms with Crippen molar-refractivity contribution in [2.45, 2.75) is 110 Å². The molecule has 0 aliphatic heterocycles. The highest BCUT2D eigenvalue weighted by Gasteiger charge is 2.34. The Morgan fingerprint density at radius 3 is 1.19 bits per heavy atom. The van der Waals surface area contributed by atoms with Gasteiger partial charge in [0.1, 0.15) is 5.92 Å². The monoisotopic (exact) mass is 490 g/mol. The van der Waals surface area contributed by atoms with E-state index in [-0.39, 0.29) is 12.2 Å². The van der Waals surface area contributed by atoms with E-state index in [4.69, 9.17) is 0 Å². The van der Waals surface area contributed by atoms with Crippen LogP contribution in [0.15, 0.2) is 60.7 Å². The van der Waals surface area contributed by atoms with E-state index in [0.29, 0.717) is 11.1 Å². The van der Waals surface area contributed by atoms with E-state index in [1.807, 2.05) is 12.1 Å². The van der Waals surface area contributed by atoms with Crippen LogP contribution in [0.2, 0.25) is 0 Å². The maximum Gasteiger partial charge on any atom is 0.181 e. The van der Waals surface area contributed by atoms with Crippen LogP contribution in [0.3, 0.4) is 0 Å². The minimum absolute atomic E-state index is 0.257. The molecule has 0 saturated heterocycles. The van der Waals surface area contributed by atoms with Crippen molar-refractivity contribution in [1.82, 2.24) is 0 Å². The number of ketones is 3. The van der Waals surface area contributed by atoms with Gasteiger partial charge in [0.05, 0.1) is 0 Å². The van der Waals surface area contributed by atoms with Crippen LogP contribution in [0.5, 0.6) is 0 Å². The molecule has 0 amide bonds. The lowest BCUT2D eigenvalue weighted by Gasteiger charge is -2.14. The van der Waals surface area contributed by atoms with Crippen LogP contribution in [-0.2, 0) is 4.79 Å². The molecule has 196 valence electrons. The normalized spacial score (nSPS) is 11.1. The summed E-state index contributed by atoms with van der Waals surface area (Å²) in [6, 6.07) is 17.4. The van der Waals surface area contributed by atoms with Gasteiger partial charge in [-0.25, -0.2) is 0 Å². The third kappa shape index (κ3) is 11.5. The molecule has 0 saturated carbocycles. The molecule has 36 heavy (non-hydrogen) atoms. The number of Topliss-reactive ketones (excluding diaryl/α,β-unsaturated/α-hetero) is 3. The van der Waals surface area contributed by atoms with E-state index in [9.17, 15) is 14.4 Å². The van der Waals surface area contributed by atoms with Crippen LogP contribution in [0.1, 0.15) is 130 Å². The number of carbonyl (C=O) groups is 3. The SMILES string of the molecule is CCCCCCCCCCCCCCCCCC(=O)C(C(=O)c1ccccc1)C(=O)c1ccccc1. The molecule has 0 heterocycles. The molecule has 0 aliphatic carbocycles. The molecule has 0 radical (unpaired) electrons. The van der Waals surface area contributed by atoms with Crippen molar-refractivity contribution in [2.75, 3.05) is 0 Å². The van der Waals surface area contributed by atoms with E-state index < -0.39 is 17.5 Å². The van der Waals surface area contributed by atoms with E-state index >= 15 is 0 Å². The number of hydrogen-bond donors (Lipinski definition) is 0. The van der Waals surface area contributed by atoms with Gasteiger partial charge in [-0.05, 0) is 6.42 Å². The van der Waals surface area contributed by atoms with Gasteiger partial charge in [-0.3, -0.25) is 14.4 Å². The van der Waals surface area contributed by atoms with Crippen LogP contribution in [0.4, 0.5) is 0 Å². The lowest BCUT2D eigenvalue weighted by Crippen LogP contribution is -2.32. The van der Waals surface area contributed by atoms with Crippen LogP contribution in [0.25, 0.3) is 0 Å². The summed E-state index contributed by atoms with van der Waals surface area (Å²) in [5.41, 5.74) is 0.827. The lowest BCUT2D eigenvalue weighted by atomic mass is 9.85. The topological polar surface area (TPSA) is 51.2 Å². The molecule has 0 atom stereocenters. The largest absolute Gasteiger partial charge is 0.298 e. The van der Waals surface area contributed by atoms with Gasteiger partial charge >= 0.3 is 0 Å². The minimum atomic E-state index is -1.25. The molecular weight excluding hydrogens is 444 g/mol. The molecule has 0 spiro atoms. The third-order valence-corrected chi connectivity index (χ3v) is 6.99. The van der Waals surface area contributed by atoms with Gasteiger partial charge in [-0.15, -0.1) is 0 Å². The molecule has 0 unspecified atom stereocenters. The fourth-order valence-electron chi connectivity index (χ4n) is 4.76. The molecule has 0 N–H and O–H groups in total. The van der Waals surface area contributed by atoms with Crippen molar-refractivity contribution in [3.63, 3.8) is 0 Å². The zero-order valence-electron chi connectivity index (χ0n) is 22.4. The lowest BCUT2D eigenvalue weighted by molar-refractivity contribution is -0.120. The van der Waals surface area contributed by atoms with E-state index in [0.717, 1.165) is 19.3 Å². The molecule has 0 bridgehead atoms. The van der Waals surface area contributed by atoms with Gasteiger partial charge in [-0.1, -0.05) is 157 Å². The van der Waals surface area contributed by atoms with Crippen molar-refractivity contribution in [1.29, 1.82) is 0 Å². The zero-order valence-corrected chi connectivity index (χ0v) is 22.4. The van der Waals surface area contributed by atoms with E-state index in [1.54, 1.807) is 48.5 Å². The van der Waals surface area contributed by atoms with Crippen LogP contribution in [0, 0.1) is 5.92 Å². The first-order valence-electron chi connectivity index (χ1n) is 14.4. The third-order valence-electron chi connectivity index (χ3n) is 6.99. The Labute approximate surface area is 219 Å². The Balaban J connectivity index is 1.66. The summed E-state index contributed by atoms with van der Waals surface area (Å²) in [5, 5.41) is 0. The van der Waals surface area contributed by atoms with Crippen molar-refractivity contribution in [3.05, 3.63) is 71.8 Å². The maximum absolute atomic E-state index is 13.1. The molecule has 0 fully saturated rings. The standard InChI is InChI=1S/C33H46O3/c1-2-3-4-5-6-7-8-9-10-11-12-13-14-15-22-27-30(34)31(32(35)28-23-18-16-19-24-28)33(36)29-25-20-17-21-26-29/h16-21,23-26,31H,2-15,22,27H2,1H3. The van der Waals surface area contributed by atoms with Crippen LogP contribution < -0.4 is 0 Å². The van der Waals surface area contributed by atoms with Gasteiger partial charge < -0.3 is 0 Å². The smallest absolute Gasteiger partial charge is 0.181 e. The first kappa shape index (κ1) is 29.7. The van der Waals surface area contributed by atoms with Crippen LogP contribution >= 0.6 is 0 Å². The van der Waals surface area contributed by atoms with Gasteiger partial charge in [0.25, 0.3) is 0 Å². The number of carbonyl (C=O) groups excluding carboxylic acids is 3. The molecule has 0 aromatic heterocycles. The quantitative estimate of drug-likeness (QED) is 0.0995. The van der Waals surface area contributed by atoms with Gasteiger partial charge in [0.2, 0.25) is 0 Å². The molecule has 2 aromatic carbocycles. The van der Waals surface area contributed by atoms with Crippen molar-refractivity contribution in [2.24, 2.45) is 5.92 Å². The predicted octanol–water partition coefficient (Wildman–Crippen LogP) is 9.20. The summed E-state index contributed by atoms with van der Waals surface area (Å²) >= 11 is 0. The van der Waals surface area contributed by atoms with Crippen molar-refractivity contribution < 1.29 is 14.4 Å². The Kier molecular flexibility index (Phi) is 15.4. The Hall–Kier alpha value is -2.55. The molecule has 3 nitrogen and oxygen atoms in total. The zero-order chi connectivity index (χ0) is 25.8. The average Bonchev–Trinajstić information content (AvgIpc) is 2.91. The highest BCUT2D eigenvalue weighted by molar-refractivity contribution is 6.28. The second-order valence-electron chi connectivity index (χ2n) is 10.1.